The summed E-state index contributed by atoms with van der Waals surface area (Å²) in [7, 11) is 0. The van der Waals surface area contributed by atoms with Gasteiger partial charge < -0.3 is 9.57 Å². The number of carbonyl (C=O) groups excluding carboxylic acids is 2. The average molecular weight is 503 g/mol. The number of fused-ring (bicyclic) bond motifs is 5. The molecule has 190 valence electrons. The van der Waals surface area contributed by atoms with Crippen molar-refractivity contribution in [1.82, 2.24) is 4.98 Å². The Morgan fingerprint density at radius 2 is 2.06 bits per heavy atom. The van der Waals surface area contributed by atoms with Gasteiger partial charge in [-0.25, -0.2) is 9.78 Å². The fourth-order valence-electron chi connectivity index (χ4n) is 7.76. The Labute approximate surface area is 209 Å². The van der Waals surface area contributed by atoms with Crippen LogP contribution in [-0.4, -0.2) is 34.5 Å². The molecule has 0 aromatic carbocycles. The number of hydrogen-bond acceptors (Lipinski definition) is 8. The number of allylic oxidation sites excluding steroid dienone is 2. The third-order valence-corrected chi connectivity index (χ3v) is 10.9. The predicted molar refractivity (Wildman–Crippen MR) is 129 cm³/mol. The zero-order valence-corrected chi connectivity index (χ0v) is 21.5. The van der Waals surface area contributed by atoms with Crippen LogP contribution >= 0.6 is 11.3 Å². The molecule has 3 fully saturated rings. The maximum atomic E-state index is 13.1. The fraction of sp³-hybridized carbons (Fsp3) is 0.731. The number of aromatic nitrogens is 1. The summed E-state index contributed by atoms with van der Waals surface area (Å²) in [6, 6.07) is 0. The van der Waals surface area contributed by atoms with E-state index in [9.17, 15) is 19.7 Å². The van der Waals surface area contributed by atoms with Crippen molar-refractivity contribution in [1.29, 1.82) is 0 Å². The van der Waals surface area contributed by atoms with Crippen LogP contribution < -0.4 is 0 Å². The molecule has 0 amide bonds. The van der Waals surface area contributed by atoms with Crippen molar-refractivity contribution in [3.8, 4) is 0 Å². The van der Waals surface area contributed by atoms with E-state index in [4.69, 9.17) is 4.74 Å². The molecule has 6 unspecified atom stereocenters. The third kappa shape index (κ3) is 4.19. The highest BCUT2D eigenvalue weighted by atomic mass is 32.1. The van der Waals surface area contributed by atoms with Crippen molar-refractivity contribution >= 4 is 23.1 Å². The molecule has 0 radical (unpaired) electrons. The van der Waals surface area contributed by atoms with Gasteiger partial charge in [0.05, 0.1) is 5.69 Å². The first kappa shape index (κ1) is 24.4. The minimum Gasteiger partial charge on any atom is -0.456 e. The zero-order valence-electron chi connectivity index (χ0n) is 20.7. The lowest BCUT2D eigenvalue weighted by atomic mass is 9.48. The van der Waals surface area contributed by atoms with Crippen molar-refractivity contribution in [3.63, 3.8) is 0 Å². The van der Waals surface area contributed by atoms with Gasteiger partial charge in [0.2, 0.25) is 5.01 Å². The van der Waals surface area contributed by atoms with Crippen LogP contribution in [0.2, 0.25) is 0 Å². The van der Waals surface area contributed by atoms with E-state index in [-0.39, 0.29) is 23.5 Å². The molecule has 9 heteroatoms. The number of carbonyl (C=O) groups is 2. The summed E-state index contributed by atoms with van der Waals surface area (Å²) in [5.74, 6) is 1.69. The van der Waals surface area contributed by atoms with Gasteiger partial charge in [-0.15, -0.1) is 21.5 Å². The van der Waals surface area contributed by atoms with Crippen LogP contribution in [0.3, 0.4) is 0 Å². The molecule has 0 saturated heterocycles. The van der Waals surface area contributed by atoms with Crippen LogP contribution in [-0.2, 0) is 20.8 Å². The lowest BCUT2D eigenvalue weighted by molar-refractivity contribution is -0.757. The molecular formula is C26H34N2O6S. The summed E-state index contributed by atoms with van der Waals surface area (Å²) in [5.41, 5.74) is 2.16. The molecule has 4 aliphatic rings. The van der Waals surface area contributed by atoms with Gasteiger partial charge in [0.1, 0.15) is 18.5 Å². The van der Waals surface area contributed by atoms with Crippen molar-refractivity contribution < 1.29 is 24.3 Å². The fourth-order valence-corrected chi connectivity index (χ4v) is 8.69. The SMILES string of the molecule is Cc1nc(C(=O)OC2CCC3C4CC=C5CC(=O)CCC5(C)C4CCC23C)sc1CCO[N+](=O)[O-]. The number of nitrogens with zero attached hydrogens (tertiary/aromatic N) is 2. The highest BCUT2D eigenvalue weighted by Crippen LogP contribution is 2.65. The van der Waals surface area contributed by atoms with E-state index in [1.807, 2.05) is 0 Å². The zero-order chi connectivity index (χ0) is 25.0. The average Bonchev–Trinajstić information content (AvgIpc) is 3.34. The van der Waals surface area contributed by atoms with Gasteiger partial charge in [-0.2, -0.15) is 0 Å². The Balaban J connectivity index is 1.28. The number of rotatable bonds is 6. The molecule has 0 N–H and O–H groups in total. The first-order valence-corrected chi connectivity index (χ1v) is 13.6. The summed E-state index contributed by atoms with van der Waals surface area (Å²) >= 11 is 1.24. The van der Waals surface area contributed by atoms with Crippen molar-refractivity contribution in [3.05, 3.63) is 37.3 Å². The van der Waals surface area contributed by atoms with Crippen LogP contribution in [0.25, 0.3) is 0 Å². The van der Waals surface area contributed by atoms with Crippen molar-refractivity contribution in [2.45, 2.75) is 84.7 Å². The second-order valence-electron chi connectivity index (χ2n) is 11.3. The Kier molecular flexibility index (Phi) is 6.26. The summed E-state index contributed by atoms with van der Waals surface area (Å²) in [6.07, 6.45) is 10.0. The number of aryl methyl sites for hydroxylation is 1. The van der Waals surface area contributed by atoms with E-state index in [1.165, 1.54) is 16.9 Å². The first-order valence-electron chi connectivity index (χ1n) is 12.8. The highest BCUT2D eigenvalue weighted by molar-refractivity contribution is 7.13. The smallest absolute Gasteiger partial charge is 0.367 e. The van der Waals surface area contributed by atoms with Gasteiger partial charge in [-0.05, 0) is 68.6 Å². The van der Waals surface area contributed by atoms with Crippen LogP contribution in [0.1, 0.15) is 85.6 Å². The normalized spacial score (nSPS) is 36.0. The molecule has 4 aliphatic carbocycles. The van der Waals surface area contributed by atoms with Gasteiger partial charge in [0.15, 0.2) is 0 Å². The summed E-state index contributed by atoms with van der Waals surface area (Å²) in [5, 5.41) is 9.89. The predicted octanol–water partition coefficient (Wildman–Crippen LogP) is 5.26. The lowest BCUT2D eigenvalue weighted by Crippen LogP contribution is -2.51. The van der Waals surface area contributed by atoms with Gasteiger partial charge in [-0.3, -0.25) is 4.79 Å². The van der Waals surface area contributed by atoms with E-state index in [2.05, 4.69) is 29.7 Å². The monoisotopic (exact) mass is 502 g/mol. The first-order chi connectivity index (χ1) is 16.6. The van der Waals surface area contributed by atoms with Gasteiger partial charge >= 0.3 is 5.97 Å². The molecule has 35 heavy (non-hydrogen) atoms. The molecule has 0 aliphatic heterocycles. The van der Waals surface area contributed by atoms with Crippen molar-refractivity contribution in [2.24, 2.45) is 28.6 Å². The number of ketones is 1. The Morgan fingerprint density at radius 3 is 2.83 bits per heavy atom. The topological polar surface area (TPSA) is 109 Å². The second-order valence-corrected chi connectivity index (χ2v) is 12.4. The molecule has 0 bridgehead atoms. The number of thiazole rings is 1. The maximum Gasteiger partial charge on any atom is 0.367 e. The number of ether oxygens (including phenoxy) is 1. The lowest BCUT2D eigenvalue weighted by Gasteiger charge is -2.57. The summed E-state index contributed by atoms with van der Waals surface area (Å²) in [6.45, 7) is 6.43. The largest absolute Gasteiger partial charge is 0.456 e. The summed E-state index contributed by atoms with van der Waals surface area (Å²) in [4.78, 5) is 45.1. The van der Waals surface area contributed by atoms with Crippen LogP contribution in [0.15, 0.2) is 11.6 Å². The number of hydrogen-bond donors (Lipinski definition) is 0. The van der Waals surface area contributed by atoms with Gasteiger partial charge in [0.25, 0.3) is 5.09 Å². The van der Waals surface area contributed by atoms with E-state index < -0.39 is 11.1 Å². The Morgan fingerprint density at radius 1 is 1.26 bits per heavy atom. The molecule has 8 nitrogen and oxygen atoms in total. The molecule has 1 heterocycles. The number of Topliss-reactive ketones (excluding diaryl/α,β-unsaturated/α-hetero) is 1. The van der Waals surface area contributed by atoms with Crippen LogP contribution in [0.5, 0.6) is 0 Å². The second kappa shape index (κ2) is 8.98. The van der Waals surface area contributed by atoms with Gasteiger partial charge in [0, 0.05) is 29.6 Å². The Bertz CT molecular complexity index is 1080. The maximum absolute atomic E-state index is 13.1. The van der Waals surface area contributed by atoms with E-state index >= 15 is 0 Å². The summed E-state index contributed by atoms with van der Waals surface area (Å²) < 4.78 is 6.12. The standard InChI is InChI=1S/C26H34N2O6S/c1-15-21(10-13-33-28(31)32)35-23(27-15)24(30)34-22-7-6-19-18-5-4-16-14-17(29)8-11-25(16,2)20(18)9-12-26(19,22)3/h4,18-20,22H,5-14H2,1-3H3. The third-order valence-electron chi connectivity index (χ3n) is 9.69. The number of esters is 1. The molecule has 1 aromatic heterocycles. The Hall–Kier alpha value is -2.29. The van der Waals surface area contributed by atoms with E-state index in [1.54, 1.807) is 6.92 Å². The van der Waals surface area contributed by atoms with Crippen LogP contribution in [0, 0.1) is 45.6 Å². The molecule has 6 atom stereocenters. The molecule has 1 aromatic rings. The van der Waals surface area contributed by atoms with E-state index in [0.29, 0.717) is 53.5 Å². The highest BCUT2D eigenvalue weighted by Gasteiger charge is 2.59. The molecule has 5 rings (SSSR count). The minimum absolute atomic E-state index is 0.0439. The van der Waals surface area contributed by atoms with E-state index in [0.717, 1.165) is 43.4 Å². The van der Waals surface area contributed by atoms with Gasteiger partial charge in [-0.1, -0.05) is 25.5 Å². The molecule has 3 saturated carbocycles. The molecule has 0 spiro atoms. The van der Waals surface area contributed by atoms with Crippen LogP contribution in [0.4, 0.5) is 0 Å². The minimum atomic E-state index is -0.811. The molecular weight excluding hydrogens is 468 g/mol. The quantitative estimate of drug-likeness (QED) is 0.226. The van der Waals surface area contributed by atoms with Crippen molar-refractivity contribution in [2.75, 3.05) is 6.61 Å².